The number of nitrogens with one attached hydrogen (secondary N) is 2. The van der Waals surface area contributed by atoms with Gasteiger partial charge in [0.15, 0.2) is 18.1 Å². The quantitative estimate of drug-likeness (QED) is 0.141. The predicted molar refractivity (Wildman–Crippen MR) is 128 cm³/mol. The lowest BCUT2D eigenvalue weighted by molar-refractivity contribution is -0.145. The Bertz CT molecular complexity index is 1010. The third-order valence-corrected chi connectivity index (χ3v) is 4.62. The Morgan fingerprint density at radius 2 is 1.79 bits per heavy atom. The first kappa shape index (κ1) is 26.0. The Morgan fingerprint density at radius 1 is 1.06 bits per heavy atom. The second-order valence-corrected chi connectivity index (χ2v) is 7.54. The number of ether oxygens (including phenoxy) is 3. The highest BCUT2D eigenvalue weighted by atomic mass is 127. The Kier molecular flexibility index (Phi) is 10.5. The number of hydrogen-bond donors (Lipinski definition) is 2. The molecule has 0 radical (unpaired) electrons. The van der Waals surface area contributed by atoms with Crippen LogP contribution in [0.3, 0.4) is 0 Å². The van der Waals surface area contributed by atoms with E-state index in [1.54, 1.807) is 26.0 Å². The lowest BCUT2D eigenvalue weighted by Gasteiger charge is -2.14. The van der Waals surface area contributed by atoms with Crippen molar-refractivity contribution in [1.29, 1.82) is 0 Å². The van der Waals surface area contributed by atoms with Crippen LogP contribution in [0, 0.1) is 9.39 Å². The van der Waals surface area contributed by atoms with Crippen molar-refractivity contribution in [3.63, 3.8) is 0 Å². The van der Waals surface area contributed by atoms with Crippen molar-refractivity contribution in [3.05, 3.63) is 51.3 Å². The molecule has 2 amide bonds. The van der Waals surface area contributed by atoms with E-state index in [1.165, 1.54) is 30.5 Å². The minimum atomic E-state index is -0.625. The number of benzene rings is 2. The van der Waals surface area contributed by atoms with Crippen molar-refractivity contribution >= 4 is 52.3 Å². The number of nitrogens with zero attached hydrogens (tertiary/aromatic N) is 1. The van der Waals surface area contributed by atoms with Crippen molar-refractivity contribution in [1.82, 2.24) is 5.43 Å². The number of carbonyl (C=O) groups excluding carboxylic acids is 3. The van der Waals surface area contributed by atoms with Crippen molar-refractivity contribution < 1.29 is 33.0 Å². The fourth-order valence-corrected chi connectivity index (χ4v) is 3.28. The van der Waals surface area contributed by atoms with Crippen LogP contribution >= 0.6 is 22.6 Å². The Balaban J connectivity index is 1.95. The van der Waals surface area contributed by atoms with Crippen molar-refractivity contribution in [3.8, 4) is 11.5 Å². The fraction of sp³-hybridized carbons (Fsp3) is 0.273. The summed E-state index contributed by atoms with van der Waals surface area (Å²) in [5.41, 5.74) is 3.25. The molecule has 0 saturated heterocycles. The molecule has 0 saturated carbocycles. The molecule has 0 atom stereocenters. The zero-order valence-electron chi connectivity index (χ0n) is 18.0. The van der Waals surface area contributed by atoms with Gasteiger partial charge in [-0.05, 0) is 78.4 Å². The lowest BCUT2D eigenvalue weighted by Crippen LogP contribution is -2.24. The van der Waals surface area contributed by atoms with Gasteiger partial charge in [0, 0.05) is 5.69 Å². The maximum Gasteiger partial charge on any atom is 0.344 e. The van der Waals surface area contributed by atoms with E-state index in [4.69, 9.17) is 14.2 Å². The first-order chi connectivity index (χ1) is 15.8. The molecule has 0 aliphatic heterocycles. The summed E-state index contributed by atoms with van der Waals surface area (Å²) in [6.45, 7) is 3.88. The molecule has 0 spiro atoms. The Labute approximate surface area is 203 Å². The van der Waals surface area contributed by atoms with Gasteiger partial charge >= 0.3 is 5.97 Å². The summed E-state index contributed by atoms with van der Waals surface area (Å²) in [5, 5.41) is 6.34. The van der Waals surface area contributed by atoms with E-state index >= 15 is 0 Å². The van der Waals surface area contributed by atoms with E-state index < -0.39 is 30.0 Å². The molecule has 2 aromatic carbocycles. The van der Waals surface area contributed by atoms with Gasteiger partial charge in [0.25, 0.3) is 0 Å². The minimum Gasteiger partial charge on any atom is -0.490 e. The molecular formula is C22H23FIN3O6. The molecule has 9 nitrogen and oxygen atoms in total. The first-order valence-corrected chi connectivity index (χ1v) is 11.0. The summed E-state index contributed by atoms with van der Waals surface area (Å²) in [5.74, 6) is -1.32. The van der Waals surface area contributed by atoms with E-state index in [0.717, 1.165) is 0 Å². The number of rotatable bonds is 11. The van der Waals surface area contributed by atoms with Crippen molar-refractivity contribution in [2.75, 3.05) is 25.1 Å². The third kappa shape index (κ3) is 9.04. The van der Waals surface area contributed by atoms with Crippen LogP contribution in [0.25, 0.3) is 0 Å². The zero-order chi connectivity index (χ0) is 24.2. The molecule has 0 heterocycles. The minimum absolute atomic E-state index is 0.257. The molecule has 0 bridgehead atoms. The van der Waals surface area contributed by atoms with Gasteiger partial charge in [-0.15, -0.1) is 0 Å². The van der Waals surface area contributed by atoms with Crippen LogP contribution in [-0.2, 0) is 19.1 Å². The monoisotopic (exact) mass is 571 g/mol. The highest BCUT2D eigenvalue weighted by molar-refractivity contribution is 14.1. The van der Waals surface area contributed by atoms with Gasteiger partial charge in [0.2, 0.25) is 11.8 Å². The summed E-state index contributed by atoms with van der Waals surface area (Å²) in [6, 6.07) is 8.54. The van der Waals surface area contributed by atoms with Crippen LogP contribution in [0.5, 0.6) is 11.5 Å². The fourth-order valence-electron chi connectivity index (χ4n) is 2.50. The molecule has 2 N–H and O–H groups in total. The molecule has 0 aromatic heterocycles. The molecule has 176 valence electrons. The van der Waals surface area contributed by atoms with Crippen LogP contribution < -0.4 is 20.2 Å². The van der Waals surface area contributed by atoms with Crippen LogP contribution in [0.4, 0.5) is 10.1 Å². The van der Waals surface area contributed by atoms with E-state index in [9.17, 15) is 18.8 Å². The van der Waals surface area contributed by atoms with Crippen LogP contribution in [0.1, 0.15) is 25.8 Å². The third-order valence-electron chi connectivity index (χ3n) is 3.82. The van der Waals surface area contributed by atoms with Crippen LogP contribution in [-0.4, -0.2) is 43.8 Å². The number of carbonyl (C=O) groups is 3. The number of hydrazone groups is 1. The average molecular weight is 571 g/mol. The van der Waals surface area contributed by atoms with Crippen LogP contribution in [0.15, 0.2) is 41.5 Å². The first-order valence-electron chi connectivity index (χ1n) is 9.94. The summed E-state index contributed by atoms with van der Waals surface area (Å²) in [6.07, 6.45) is 0.923. The SMILES string of the molecule is CCOC(=O)COc1c(I)cc(C=NNC(=O)CC(=O)Nc2ccc(F)cc2)cc1OCC. The van der Waals surface area contributed by atoms with Gasteiger partial charge in [0.05, 0.1) is 23.0 Å². The number of hydrogen-bond acceptors (Lipinski definition) is 7. The lowest BCUT2D eigenvalue weighted by atomic mass is 10.2. The molecular weight excluding hydrogens is 548 g/mol. The number of esters is 1. The van der Waals surface area contributed by atoms with E-state index in [-0.39, 0.29) is 13.2 Å². The van der Waals surface area contributed by atoms with Crippen molar-refractivity contribution in [2.45, 2.75) is 20.3 Å². The predicted octanol–water partition coefficient (Wildman–Crippen LogP) is 3.25. The van der Waals surface area contributed by atoms with E-state index in [0.29, 0.717) is 32.9 Å². The Hall–Kier alpha value is -3.22. The summed E-state index contributed by atoms with van der Waals surface area (Å²) >= 11 is 2.03. The second kappa shape index (κ2) is 13.4. The van der Waals surface area contributed by atoms with Gasteiger partial charge in [-0.2, -0.15) is 5.10 Å². The topological polar surface area (TPSA) is 115 Å². The maximum absolute atomic E-state index is 12.9. The van der Waals surface area contributed by atoms with E-state index in [1.807, 2.05) is 22.6 Å². The second-order valence-electron chi connectivity index (χ2n) is 6.38. The molecule has 0 fully saturated rings. The number of anilines is 1. The highest BCUT2D eigenvalue weighted by Gasteiger charge is 2.14. The largest absolute Gasteiger partial charge is 0.490 e. The van der Waals surface area contributed by atoms with Gasteiger partial charge in [0.1, 0.15) is 12.2 Å². The van der Waals surface area contributed by atoms with Crippen molar-refractivity contribution in [2.24, 2.45) is 5.10 Å². The summed E-state index contributed by atoms with van der Waals surface area (Å²) in [4.78, 5) is 35.4. The number of halogens is 2. The standard InChI is InChI=1S/C22H23FIN3O6/c1-3-31-18-10-14(9-17(24)22(18)33-13-21(30)32-4-2)12-25-27-20(29)11-19(28)26-16-7-5-15(23)6-8-16/h5-10,12H,3-4,11,13H2,1-2H3,(H,26,28)(H,27,29). The molecule has 0 aliphatic carbocycles. The van der Waals surface area contributed by atoms with Gasteiger partial charge in [-0.3, -0.25) is 9.59 Å². The molecule has 0 unspecified atom stereocenters. The zero-order valence-corrected chi connectivity index (χ0v) is 20.2. The molecule has 2 rings (SSSR count). The molecule has 11 heteroatoms. The van der Waals surface area contributed by atoms with Crippen LogP contribution in [0.2, 0.25) is 0 Å². The Morgan fingerprint density at radius 3 is 2.45 bits per heavy atom. The van der Waals surface area contributed by atoms with E-state index in [2.05, 4.69) is 15.8 Å². The van der Waals surface area contributed by atoms with Gasteiger partial charge in [-0.25, -0.2) is 14.6 Å². The molecule has 33 heavy (non-hydrogen) atoms. The summed E-state index contributed by atoms with van der Waals surface area (Å²) < 4.78 is 29.6. The molecule has 0 aliphatic rings. The smallest absolute Gasteiger partial charge is 0.344 e. The normalized spacial score (nSPS) is 10.5. The highest BCUT2D eigenvalue weighted by Crippen LogP contribution is 2.34. The summed E-state index contributed by atoms with van der Waals surface area (Å²) in [7, 11) is 0. The molecule has 2 aromatic rings. The maximum atomic E-state index is 12.9. The van der Waals surface area contributed by atoms with Gasteiger partial charge < -0.3 is 19.5 Å². The number of amides is 2. The average Bonchev–Trinajstić information content (AvgIpc) is 2.75. The van der Waals surface area contributed by atoms with Gasteiger partial charge in [-0.1, -0.05) is 0 Å².